The minimum absolute atomic E-state index is 0.0765. The van der Waals surface area contributed by atoms with Gasteiger partial charge in [-0.25, -0.2) is 0 Å². The van der Waals surface area contributed by atoms with Crippen LogP contribution in [0.4, 0.5) is 0 Å². The molecule has 0 saturated carbocycles. The highest BCUT2D eigenvalue weighted by molar-refractivity contribution is 6.38. The van der Waals surface area contributed by atoms with Crippen LogP contribution in [0, 0.1) is 17.8 Å². The molecule has 10 nitrogen and oxygen atoms in total. The van der Waals surface area contributed by atoms with Crippen molar-refractivity contribution in [3.8, 4) is 0 Å². The summed E-state index contributed by atoms with van der Waals surface area (Å²) in [6.07, 6.45) is 0.228. The molecule has 0 saturated heterocycles. The molecule has 0 aliphatic carbocycles. The minimum Gasteiger partial charge on any atom is -0.461 e. The molecule has 45 heavy (non-hydrogen) atoms. The van der Waals surface area contributed by atoms with Gasteiger partial charge in [-0.15, -0.1) is 0 Å². The van der Waals surface area contributed by atoms with E-state index in [0.717, 1.165) is 21.9 Å². The van der Waals surface area contributed by atoms with Crippen molar-refractivity contribution >= 4 is 46.0 Å². The van der Waals surface area contributed by atoms with Gasteiger partial charge in [-0.3, -0.25) is 28.8 Å². The number of esters is 1. The summed E-state index contributed by atoms with van der Waals surface area (Å²) >= 11 is 0. The number of fused-ring (bicyclic) bond motifs is 1. The summed E-state index contributed by atoms with van der Waals surface area (Å²) in [6, 6.07) is 21.4. The molecule has 3 unspecified atom stereocenters. The topological polar surface area (TPSA) is 162 Å². The number of carbonyl (C=O) groups is 6. The molecule has 0 heterocycles. The van der Waals surface area contributed by atoms with Crippen molar-refractivity contribution in [2.24, 2.45) is 23.5 Å². The number of nitrogens with one attached hydrogen (secondary N) is 2. The molecule has 3 aromatic rings. The number of hydrogen-bond donors (Lipinski definition) is 3. The highest BCUT2D eigenvalue weighted by Crippen LogP contribution is 2.20. The lowest BCUT2D eigenvalue weighted by molar-refractivity contribution is -0.148. The van der Waals surface area contributed by atoms with Crippen molar-refractivity contribution in [1.82, 2.24) is 10.6 Å². The summed E-state index contributed by atoms with van der Waals surface area (Å²) in [7, 11) is 0. The highest BCUT2D eigenvalue weighted by atomic mass is 16.5. The first kappa shape index (κ1) is 34.6. The second-order valence-electron chi connectivity index (χ2n) is 11.7. The van der Waals surface area contributed by atoms with Crippen LogP contribution in [0.2, 0.25) is 0 Å². The zero-order chi connectivity index (χ0) is 32.9. The molecule has 4 N–H and O–H groups in total. The van der Waals surface area contributed by atoms with Crippen molar-refractivity contribution in [2.45, 2.75) is 59.1 Å². The summed E-state index contributed by atoms with van der Waals surface area (Å²) in [5.74, 6) is -5.69. The minimum atomic E-state index is -1.20. The Balaban J connectivity index is 1.48. The summed E-state index contributed by atoms with van der Waals surface area (Å²) < 4.78 is 5.32. The van der Waals surface area contributed by atoms with E-state index in [9.17, 15) is 28.8 Å². The van der Waals surface area contributed by atoms with Crippen LogP contribution in [-0.4, -0.2) is 47.8 Å². The Kier molecular flexibility index (Phi) is 13.0. The van der Waals surface area contributed by atoms with E-state index in [1.165, 1.54) is 6.92 Å². The summed E-state index contributed by atoms with van der Waals surface area (Å²) in [5.41, 5.74) is 7.22. The fraction of sp³-hybridized carbons (Fsp3) is 0.371. The van der Waals surface area contributed by atoms with Gasteiger partial charge < -0.3 is 21.1 Å². The lowest BCUT2D eigenvalue weighted by atomic mass is 9.92. The predicted octanol–water partition coefficient (Wildman–Crippen LogP) is 3.43. The van der Waals surface area contributed by atoms with Gasteiger partial charge in [0.25, 0.3) is 5.91 Å². The van der Waals surface area contributed by atoms with Crippen molar-refractivity contribution in [3.63, 3.8) is 0 Å². The lowest BCUT2D eigenvalue weighted by Crippen LogP contribution is -2.48. The normalized spacial score (nSPS) is 13.0. The van der Waals surface area contributed by atoms with Gasteiger partial charge in [0.1, 0.15) is 6.61 Å². The number of hydrogen-bond acceptors (Lipinski definition) is 7. The van der Waals surface area contributed by atoms with E-state index in [1.54, 1.807) is 0 Å². The number of amides is 3. The molecule has 3 atom stereocenters. The molecule has 10 heteroatoms. The van der Waals surface area contributed by atoms with Gasteiger partial charge in [0.05, 0.1) is 19.0 Å². The molecule has 0 aliphatic heterocycles. The van der Waals surface area contributed by atoms with E-state index < -0.39 is 59.7 Å². The van der Waals surface area contributed by atoms with Crippen molar-refractivity contribution < 1.29 is 33.5 Å². The van der Waals surface area contributed by atoms with Crippen LogP contribution in [0.25, 0.3) is 10.8 Å². The number of rotatable bonds is 17. The van der Waals surface area contributed by atoms with Crippen molar-refractivity contribution in [3.05, 3.63) is 83.9 Å². The van der Waals surface area contributed by atoms with Crippen LogP contribution in [-0.2, 0) is 46.5 Å². The van der Waals surface area contributed by atoms with Gasteiger partial charge >= 0.3 is 5.97 Å². The number of nitrogens with two attached hydrogens (primary N) is 1. The molecular formula is C35H41N3O7. The second kappa shape index (κ2) is 16.8. The van der Waals surface area contributed by atoms with E-state index in [1.807, 2.05) is 86.6 Å². The first-order chi connectivity index (χ1) is 21.4. The number of carbonyl (C=O) groups excluding carboxylic acids is 6. The Morgan fingerprint density at radius 1 is 0.778 bits per heavy atom. The number of benzene rings is 3. The number of ketones is 2. The maximum Gasteiger partial charge on any atom is 0.306 e. The standard InChI is InChI=1S/C35H41N3O7/c1-22(2)15-29(19-31(40)45-21-24-9-5-4-6-10-24)34(43)38-23(3)32(41)35(44)37-20-30(39)18-28(33(36)42)17-25-13-14-26-11-7-8-12-27(26)16-25/h4-14,16,22-23,28-29H,15,17-21H2,1-3H3,(H2,36,42)(H,37,44)(H,38,43). The molecule has 0 radical (unpaired) electrons. The third-order valence-electron chi connectivity index (χ3n) is 7.38. The smallest absolute Gasteiger partial charge is 0.306 e. The van der Waals surface area contributed by atoms with Gasteiger partial charge in [0.15, 0.2) is 5.78 Å². The van der Waals surface area contributed by atoms with Gasteiger partial charge in [-0.1, -0.05) is 86.6 Å². The van der Waals surface area contributed by atoms with Gasteiger partial charge in [-0.2, -0.15) is 0 Å². The molecule has 0 aliphatic rings. The van der Waals surface area contributed by atoms with Gasteiger partial charge in [-0.05, 0) is 47.6 Å². The van der Waals surface area contributed by atoms with Crippen molar-refractivity contribution in [1.29, 1.82) is 0 Å². The average molecular weight is 616 g/mol. The fourth-order valence-electron chi connectivity index (χ4n) is 4.98. The van der Waals surface area contributed by atoms with Crippen LogP contribution >= 0.6 is 0 Å². The Morgan fingerprint density at radius 2 is 1.44 bits per heavy atom. The van der Waals surface area contributed by atoms with Crippen molar-refractivity contribution in [2.75, 3.05) is 6.54 Å². The first-order valence-electron chi connectivity index (χ1n) is 15.0. The van der Waals surface area contributed by atoms with Crippen LogP contribution in [0.1, 0.15) is 51.2 Å². The van der Waals surface area contributed by atoms with E-state index in [2.05, 4.69) is 10.6 Å². The molecule has 0 fully saturated rings. The average Bonchev–Trinajstić information content (AvgIpc) is 3.01. The summed E-state index contributed by atoms with van der Waals surface area (Å²) in [5, 5.41) is 6.84. The number of ether oxygens (including phenoxy) is 1. The number of primary amides is 1. The van der Waals surface area contributed by atoms with E-state index >= 15 is 0 Å². The van der Waals surface area contributed by atoms with Crippen LogP contribution in [0.5, 0.6) is 0 Å². The molecular weight excluding hydrogens is 574 g/mol. The SMILES string of the molecule is CC(C)CC(CC(=O)OCc1ccccc1)C(=O)NC(C)C(=O)C(=O)NCC(=O)CC(Cc1ccc2ccccc2c1)C(N)=O. The maximum absolute atomic E-state index is 13.0. The molecule has 3 rings (SSSR count). The predicted molar refractivity (Wildman–Crippen MR) is 169 cm³/mol. The monoisotopic (exact) mass is 615 g/mol. The van der Waals surface area contributed by atoms with Crippen LogP contribution < -0.4 is 16.4 Å². The maximum atomic E-state index is 13.0. The Labute approximate surface area is 263 Å². The molecule has 0 spiro atoms. The highest BCUT2D eigenvalue weighted by Gasteiger charge is 2.29. The molecule has 3 aromatic carbocycles. The number of Topliss-reactive ketones (excluding diaryl/α,β-unsaturated/α-hetero) is 2. The van der Waals surface area contributed by atoms with Gasteiger partial charge in [0.2, 0.25) is 17.6 Å². The quantitative estimate of drug-likeness (QED) is 0.155. The molecule has 238 valence electrons. The van der Waals surface area contributed by atoms with E-state index in [4.69, 9.17) is 10.5 Å². The van der Waals surface area contributed by atoms with Crippen LogP contribution in [0.3, 0.4) is 0 Å². The zero-order valence-corrected chi connectivity index (χ0v) is 25.9. The summed E-state index contributed by atoms with van der Waals surface area (Å²) in [4.78, 5) is 75.4. The fourth-order valence-corrected chi connectivity index (χ4v) is 4.98. The molecule has 3 amide bonds. The van der Waals surface area contributed by atoms with Gasteiger partial charge in [0, 0.05) is 18.3 Å². The second-order valence-corrected chi connectivity index (χ2v) is 11.7. The lowest BCUT2D eigenvalue weighted by Gasteiger charge is -2.20. The Bertz CT molecular complexity index is 1520. The zero-order valence-electron chi connectivity index (χ0n) is 25.9. The Hall–Kier alpha value is -4.86. The molecule has 0 aromatic heterocycles. The van der Waals surface area contributed by atoms with E-state index in [-0.39, 0.29) is 31.8 Å². The third-order valence-corrected chi connectivity index (χ3v) is 7.38. The molecule has 0 bridgehead atoms. The van der Waals surface area contributed by atoms with Crippen LogP contribution in [0.15, 0.2) is 72.8 Å². The summed E-state index contributed by atoms with van der Waals surface area (Å²) in [6.45, 7) is 4.76. The largest absolute Gasteiger partial charge is 0.461 e. The Morgan fingerprint density at radius 3 is 2.11 bits per heavy atom. The van der Waals surface area contributed by atoms with E-state index in [0.29, 0.717) is 6.42 Å². The first-order valence-corrected chi connectivity index (χ1v) is 15.0. The third kappa shape index (κ3) is 11.3.